The number of anilines is 1. The molecule has 1 fully saturated rings. The van der Waals surface area contributed by atoms with Crippen LogP contribution in [-0.2, 0) is 4.74 Å². The minimum absolute atomic E-state index is 0.0926. The third kappa shape index (κ3) is 4.21. The summed E-state index contributed by atoms with van der Waals surface area (Å²) in [6.45, 7) is 4.37. The number of nitrogens with zero attached hydrogens (tertiary/aromatic N) is 1. The fourth-order valence-electron chi connectivity index (χ4n) is 2.00. The van der Waals surface area contributed by atoms with Gasteiger partial charge in [-0.2, -0.15) is 0 Å². The van der Waals surface area contributed by atoms with Crippen LogP contribution in [0.25, 0.3) is 0 Å². The average Bonchev–Trinajstić information content (AvgIpc) is 2.96. The molecule has 1 aromatic heterocycles. The highest BCUT2D eigenvalue weighted by Gasteiger charge is 2.16. The van der Waals surface area contributed by atoms with Gasteiger partial charge >= 0.3 is 0 Å². The predicted octanol–water partition coefficient (Wildman–Crippen LogP) is 1.81. The number of hydrogen-bond donors (Lipinski definition) is 2. The van der Waals surface area contributed by atoms with Crippen LogP contribution in [0.1, 0.15) is 36.5 Å². The lowest BCUT2D eigenvalue weighted by Crippen LogP contribution is -2.31. The number of nitrogens with one attached hydrogen (secondary N) is 2. The number of ether oxygens (including phenoxy) is 1. The van der Waals surface area contributed by atoms with E-state index in [1.165, 1.54) is 0 Å². The molecular weight excluding hydrogens is 242 g/mol. The first-order valence-electron chi connectivity index (χ1n) is 6.89. The highest BCUT2D eigenvalue weighted by molar-refractivity contribution is 5.94. The molecule has 104 valence electrons. The monoisotopic (exact) mass is 263 g/mol. The number of amides is 1. The van der Waals surface area contributed by atoms with Gasteiger partial charge in [0.05, 0.1) is 11.7 Å². The van der Waals surface area contributed by atoms with Gasteiger partial charge in [0.15, 0.2) is 0 Å². The van der Waals surface area contributed by atoms with Gasteiger partial charge < -0.3 is 15.4 Å². The van der Waals surface area contributed by atoms with E-state index in [0.717, 1.165) is 38.2 Å². The van der Waals surface area contributed by atoms with Crippen molar-refractivity contribution in [1.29, 1.82) is 0 Å². The van der Waals surface area contributed by atoms with Gasteiger partial charge in [-0.1, -0.05) is 6.92 Å². The number of aromatic nitrogens is 1. The van der Waals surface area contributed by atoms with Crippen LogP contribution >= 0.6 is 0 Å². The Kier molecular flexibility index (Phi) is 5.15. The summed E-state index contributed by atoms with van der Waals surface area (Å²) < 4.78 is 5.46. The molecule has 2 heterocycles. The van der Waals surface area contributed by atoms with E-state index in [1.807, 2.05) is 6.07 Å². The number of carbonyl (C=O) groups excluding carboxylic acids is 1. The van der Waals surface area contributed by atoms with Crippen molar-refractivity contribution in [2.24, 2.45) is 0 Å². The second-order valence-electron chi connectivity index (χ2n) is 4.70. The van der Waals surface area contributed by atoms with E-state index in [4.69, 9.17) is 4.74 Å². The summed E-state index contributed by atoms with van der Waals surface area (Å²) in [7, 11) is 0. The Morgan fingerprint density at radius 1 is 1.53 bits per heavy atom. The van der Waals surface area contributed by atoms with Crippen molar-refractivity contribution in [3.63, 3.8) is 0 Å². The van der Waals surface area contributed by atoms with Crippen molar-refractivity contribution >= 4 is 11.7 Å². The van der Waals surface area contributed by atoms with E-state index in [9.17, 15) is 4.79 Å². The van der Waals surface area contributed by atoms with Crippen LogP contribution in [0.3, 0.4) is 0 Å². The molecule has 1 unspecified atom stereocenters. The van der Waals surface area contributed by atoms with Crippen LogP contribution < -0.4 is 10.6 Å². The molecule has 1 aliphatic heterocycles. The normalized spacial score (nSPS) is 18.3. The summed E-state index contributed by atoms with van der Waals surface area (Å²) in [4.78, 5) is 16.1. The van der Waals surface area contributed by atoms with Crippen LogP contribution in [0.5, 0.6) is 0 Å². The van der Waals surface area contributed by atoms with Crippen molar-refractivity contribution in [3.8, 4) is 0 Å². The van der Waals surface area contributed by atoms with Gasteiger partial charge in [-0.15, -0.1) is 0 Å². The summed E-state index contributed by atoms with van der Waals surface area (Å²) in [5.41, 5.74) is 0.583. The Balaban J connectivity index is 1.81. The zero-order valence-corrected chi connectivity index (χ0v) is 11.3. The summed E-state index contributed by atoms with van der Waals surface area (Å²) in [5, 5.41) is 6.05. The second kappa shape index (κ2) is 7.09. The summed E-state index contributed by atoms with van der Waals surface area (Å²) in [6, 6.07) is 3.62. The van der Waals surface area contributed by atoms with E-state index < -0.39 is 0 Å². The van der Waals surface area contributed by atoms with Gasteiger partial charge in [0, 0.05) is 25.9 Å². The van der Waals surface area contributed by atoms with Crippen LogP contribution in [0.2, 0.25) is 0 Å². The Hall–Kier alpha value is -1.62. The van der Waals surface area contributed by atoms with E-state index in [2.05, 4.69) is 22.5 Å². The summed E-state index contributed by atoms with van der Waals surface area (Å²) in [6.07, 6.45) is 4.93. The molecule has 0 radical (unpaired) electrons. The topological polar surface area (TPSA) is 63.2 Å². The molecule has 2 N–H and O–H groups in total. The summed E-state index contributed by atoms with van der Waals surface area (Å²) >= 11 is 0. The Morgan fingerprint density at radius 2 is 2.42 bits per heavy atom. The smallest absolute Gasteiger partial charge is 0.252 e. The maximum atomic E-state index is 11.9. The zero-order valence-electron chi connectivity index (χ0n) is 11.3. The quantitative estimate of drug-likeness (QED) is 0.821. The van der Waals surface area contributed by atoms with Gasteiger partial charge in [-0.25, -0.2) is 4.98 Å². The Morgan fingerprint density at radius 3 is 3.05 bits per heavy atom. The van der Waals surface area contributed by atoms with Crippen molar-refractivity contribution in [2.75, 3.05) is 25.0 Å². The lowest BCUT2D eigenvalue weighted by molar-refractivity contribution is 0.0857. The number of rotatable bonds is 6. The Bertz CT molecular complexity index is 400. The number of carbonyl (C=O) groups is 1. The van der Waals surface area contributed by atoms with E-state index >= 15 is 0 Å². The fourth-order valence-corrected chi connectivity index (χ4v) is 2.00. The maximum Gasteiger partial charge on any atom is 0.252 e. The molecular formula is C14H21N3O2. The zero-order chi connectivity index (χ0) is 13.5. The van der Waals surface area contributed by atoms with Crippen molar-refractivity contribution in [3.05, 3.63) is 23.9 Å². The minimum Gasteiger partial charge on any atom is -0.376 e. The van der Waals surface area contributed by atoms with Gasteiger partial charge in [0.2, 0.25) is 0 Å². The molecule has 5 heteroatoms. The summed E-state index contributed by atoms with van der Waals surface area (Å²) in [5.74, 6) is 0.711. The lowest BCUT2D eigenvalue weighted by atomic mass is 10.2. The molecule has 0 spiro atoms. The SMILES string of the molecule is CCCNc1ccc(C(=O)NCC2CCCO2)cn1. The molecule has 0 saturated carbocycles. The molecule has 0 aliphatic carbocycles. The highest BCUT2D eigenvalue weighted by atomic mass is 16.5. The molecule has 5 nitrogen and oxygen atoms in total. The molecule has 0 aromatic carbocycles. The molecule has 19 heavy (non-hydrogen) atoms. The van der Waals surface area contributed by atoms with Gasteiger partial charge in [0.25, 0.3) is 5.91 Å². The highest BCUT2D eigenvalue weighted by Crippen LogP contribution is 2.11. The van der Waals surface area contributed by atoms with Gasteiger partial charge in [0.1, 0.15) is 5.82 Å². The first kappa shape index (κ1) is 13.8. The van der Waals surface area contributed by atoms with Crippen LogP contribution in [0.4, 0.5) is 5.82 Å². The largest absolute Gasteiger partial charge is 0.376 e. The van der Waals surface area contributed by atoms with E-state index in [-0.39, 0.29) is 12.0 Å². The minimum atomic E-state index is -0.0926. The maximum absolute atomic E-state index is 11.9. The van der Waals surface area contributed by atoms with E-state index in [1.54, 1.807) is 12.3 Å². The van der Waals surface area contributed by atoms with Crippen molar-refractivity contribution < 1.29 is 9.53 Å². The Labute approximate surface area is 113 Å². The van der Waals surface area contributed by atoms with Crippen LogP contribution in [0, 0.1) is 0 Å². The van der Waals surface area contributed by atoms with Gasteiger partial charge in [-0.05, 0) is 31.4 Å². The van der Waals surface area contributed by atoms with Crippen molar-refractivity contribution in [2.45, 2.75) is 32.3 Å². The third-order valence-electron chi connectivity index (χ3n) is 3.10. The molecule has 0 bridgehead atoms. The molecule has 1 atom stereocenters. The third-order valence-corrected chi connectivity index (χ3v) is 3.10. The lowest BCUT2D eigenvalue weighted by Gasteiger charge is -2.11. The number of pyridine rings is 1. The number of hydrogen-bond acceptors (Lipinski definition) is 4. The molecule has 2 rings (SSSR count). The first-order chi connectivity index (χ1) is 9.29. The first-order valence-corrected chi connectivity index (χ1v) is 6.89. The van der Waals surface area contributed by atoms with Crippen molar-refractivity contribution in [1.82, 2.24) is 10.3 Å². The molecule has 1 aromatic rings. The standard InChI is InChI=1S/C14H21N3O2/c1-2-7-15-13-6-5-11(9-16-13)14(18)17-10-12-4-3-8-19-12/h5-6,9,12H,2-4,7-8,10H2,1H3,(H,15,16)(H,17,18). The molecule has 1 saturated heterocycles. The molecule has 1 amide bonds. The van der Waals surface area contributed by atoms with Crippen LogP contribution in [0.15, 0.2) is 18.3 Å². The second-order valence-corrected chi connectivity index (χ2v) is 4.70. The van der Waals surface area contributed by atoms with Gasteiger partial charge in [-0.3, -0.25) is 4.79 Å². The van der Waals surface area contributed by atoms with Crippen LogP contribution in [-0.4, -0.2) is 36.7 Å². The van der Waals surface area contributed by atoms with E-state index in [0.29, 0.717) is 12.1 Å². The predicted molar refractivity (Wildman–Crippen MR) is 74.3 cm³/mol. The fraction of sp³-hybridized carbons (Fsp3) is 0.571. The average molecular weight is 263 g/mol. The molecule has 1 aliphatic rings.